The Bertz CT molecular complexity index is 626. The van der Waals surface area contributed by atoms with Crippen LogP contribution in [0.4, 0.5) is 0 Å². The van der Waals surface area contributed by atoms with Gasteiger partial charge in [0.25, 0.3) is 0 Å². The number of Topliss-reactive ketones (excluding diaryl/α,β-unsaturated/α-hetero) is 1. The highest BCUT2D eigenvalue weighted by Crippen LogP contribution is 2.19. The molecule has 1 aromatic rings. The standard InChI is InChI=1S/C15H21NO.ClH/c1-2-8-14(16-11-6-7-12-16)15(17)13-9-4-3-5-10-13;/h3-5,9-10,14H,2,6-8,11-12H2,1H3;1H/i6D2,7D2,11D2,12D2;. The monoisotopic (exact) mass is 275 g/mol. The maximum absolute atomic E-state index is 12.9. The second kappa shape index (κ2) is 7.55. The fraction of sp³-hybridized carbons (Fsp3) is 0.533. The highest BCUT2D eigenvalue weighted by Gasteiger charge is 2.27. The largest absolute Gasteiger partial charge is 0.293 e. The van der Waals surface area contributed by atoms with E-state index in [1.165, 1.54) is 12.1 Å². The third-order valence-corrected chi connectivity index (χ3v) is 2.65. The van der Waals surface area contributed by atoms with Gasteiger partial charge in [-0.1, -0.05) is 43.7 Å². The van der Waals surface area contributed by atoms with E-state index in [0.717, 1.165) is 0 Å². The molecule has 0 aromatic heterocycles. The quantitative estimate of drug-likeness (QED) is 0.766. The van der Waals surface area contributed by atoms with Crippen LogP contribution in [0.25, 0.3) is 0 Å². The third-order valence-electron chi connectivity index (χ3n) is 2.65. The zero-order valence-corrected chi connectivity index (χ0v) is 11.0. The second-order valence-corrected chi connectivity index (χ2v) is 3.88. The first-order chi connectivity index (χ1) is 11.3. The molecule has 0 amide bonds. The third kappa shape index (κ3) is 3.56. The molecule has 1 aromatic carbocycles. The number of benzene rings is 1. The summed E-state index contributed by atoms with van der Waals surface area (Å²) in [6.07, 6.45) is -5.75. The van der Waals surface area contributed by atoms with E-state index >= 15 is 0 Å². The van der Waals surface area contributed by atoms with Gasteiger partial charge in [0.2, 0.25) is 0 Å². The average molecular weight is 276 g/mol. The molecular weight excluding hydrogens is 246 g/mol. The maximum atomic E-state index is 12.9. The first-order valence-corrected chi connectivity index (χ1v) is 5.72. The van der Waals surface area contributed by atoms with Gasteiger partial charge in [0.1, 0.15) is 0 Å². The Morgan fingerprint density at radius 3 is 2.50 bits per heavy atom. The topological polar surface area (TPSA) is 20.3 Å². The number of hydrogen-bond acceptors (Lipinski definition) is 2. The second-order valence-electron chi connectivity index (χ2n) is 3.88. The van der Waals surface area contributed by atoms with Crippen LogP contribution in [0.2, 0.25) is 0 Å². The van der Waals surface area contributed by atoms with Gasteiger partial charge in [0.05, 0.1) is 6.04 Å². The summed E-state index contributed by atoms with van der Waals surface area (Å²) < 4.78 is 63.9. The van der Waals surface area contributed by atoms with Gasteiger partial charge < -0.3 is 0 Å². The Balaban J connectivity index is 0.00000338. The fourth-order valence-electron chi connectivity index (χ4n) is 1.81. The van der Waals surface area contributed by atoms with Crippen molar-refractivity contribution in [1.82, 2.24) is 4.90 Å². The van der Waals surface area contributed by atoms with Gasteiger partial charge in [0.15, 0.2) is 5.78 Å². The zero-order valence-electron chi connectivity index (χ0n) is 18.1. The van der Waals surface area contributed by atoms with E-state index in [2.05, 4.69) is 0 Å². The molecule has 18 heavy (non-hydrogen) atoms. The van der Waals surface area contributed by atoms with E-state index < -0.39 is 37.6 Å². The molecule has 1 unspecified atom stereocenters. The lowest BCUT2D eigenvalue weighted by Gasteiger charge is -2.26. The molecule has 100 valence electrons. The summed E-state index contributed by atoms with van der Waals surface area (Å²) in [5, 5.41) is 0. The number of likely N-dealkylation sites (tertiary alicyclic amines) is 1. The number of ketones is 1. The molecule has 0 radical (unpaired) electrons. The summed E-state index contributed by atoms with van der Waals surface area (Å²) in [7, 11) is 0. The molecular formula is C15H22ClNO. The lowest BCUT2D eigenvalue weighted by Crippen LogP contribution is -2.39. The summed E-state index contributed by atoms with van der Waals surface area (Å²) in [4.78, 5) is 13.4. The van der Waals surface area contributed by atoms with E-state index in [0.29, 0.717) is 11.3 Å². The summed E-state index contributed by atoms with van der Waals surface area (Å²) in [6, 6.07) is 6.69. The van der Waals surface area contributed by atoms with Gasteiger partial charge in [-0.3, -0.25) is 9.69 Å². The van der Waals surface area contributed by atoms with Crippen LogP contribution in [0, 0.1) is 0 Å². The van der Waals surface area contributed by atoms with Crippen molar-refractivity contribution in [2.45, 2.75) is 38.6 Å². The van der Waals surface area contributed by atoms with Gasteiger partial charge in [-0.15, -0.1) is 12.4 Å². The van der Waals surface area contributed by atoms with Gasteiger partial charge in [-0.05, 0) is 32.2 Å². The molecule has 0 aliphatic carbocycles. The molecule has 1 aliphatic heterocycles. The highest BCUT2D eigenvalue weighted by molar-refractivity contribution is 6.00. The smallest absolute Gasteiger partial charge is 0.179 e. The first kappa shape index (κ1) is 7.06. The maximum Gasteiger partial charge on any atom is 0.179 e. The molecule has 3 heteroatoms. The molecule has 2 nitrogen and oxygen atoms in total. The Hall–Kier alpha value is -0.860. The van der Waals surface area contributed by atoms with Crippen LogP contribution in [-0.2, 0) is 0 Å². The minimum Gasteiger partial charge on any atom is -0.293 e. The lowest BCUT2D eigenvalue weighted by molar-refractivity contribution is 0.0837. The number of nitrogens with zero attached hydrogens (tertiary/aromatic N) is 1. The molecule has 1 fully saturated rings. The van der Waals surface area contributed by atoms with Crippen molar-refractivity contribution in [2.24, 2.45) is 0 Å². The molecule has 0 saturated carbocycles. The molecule has 0 bridgehead atoms. The number of hydrogen-bond donors (Lipinski definition) is 0. The predicted molar refractivity (Wildman–Crippen MR) is 77.5 cm³/mol. The summed E-state index contributed by atoms with van der Waals surface area (Å²) in [5.74, 6) is -0.552. The van der Waals surface area contributed by atoms with Crippen LogP contribution in [0.1, 0.15) is 53.8 Å². The number of carbonyl (C=O) groups is 1. The van der Waals surface area contributed by atoms with Crippen LogP contribution in [-0.4, -0.2) is 29.7 Å². The Kier molecular flexibility index (Phi) is 2.96. The highest BCUT2D eigenvalue weighted by atomic mass is 35.5. The normalized spacial score (nSPS) is 34.9. The van der Waals surface area contributed by atoms with E-state index in [1.54, 1.807) is 25.1 Å². The summed E-state index contributed by atoms with van der Waals surface area (Å²) in [6.45, 7) is -4.25. The molecule has 2 rings (SSSR count). The molecule has 1 heterocycles. The minimum absolute atomic E-state index is 0. The van der Waals surface area contributed by atoms with Crippen LogP contribution < -0.4 is 0 Å². The van der Waals surface area contributed by atoms with E-state index in [4.69, 9.17) is 11.0 Å². The van der Waals surface area contributed by atoms with Crippen LogP contribution in [0.5, 0.6) is 0 Å². The Labute approximate surface area is 127 Å². The van der Waals surface area contributed by atoms with Crippen molar-refractivity contribution < 1.29 is 15.8 Å². The SMILES string of the molecule is Cl.[2H]C1([2H])N(C(CCC)C(=O)c2ccccc2)C([2H])([2H])C([2H])([2H])C1([2H])[2H]. The Morgan fingerprint density at radius 2 is 1.94 bits per heavy atom. The molecule has 0 spiro atoms. The molecule has 1 aliphatic rings. The number of halogens is 1. The van der Waals surface area contributed by atoms with E-state index in [9.17, 15) is 4.79 Å². The predicted octanol–water partition coefficient (Wildman–Crippen LogP) is 3.56. The summed E-state index contributed by atoms with van der Waals surface area (Å²) >= 11 is 0. The van der Waals surface area contributed by atoms with Gasteiger partial charge in [-0.25, -0.2) is 0 Å². The Morgan fingerprint density at radius 1 is 1.33 bits per heavy atom. The van der Waals surface area contributed by atoms with Crippen LogP contribution in [0.15, 0.2) is 30.3 Å². The summed E-state index contributed by atoms with van der Waals surface area (Å²) in [5.41, 5.74) is 0.251. The van der Waals surface area contributed by atoms with Gasteiger partial charge in [-0.2, -0.15) is 0 Å². The fourth-order valence-corrected chi connectivity index (χ4v) is 1.81. The van der Waals surface area contributed by atoms with Crippen molar-refractivity contribution in [3.8, 4) is 0 Å². The van der Waals surface area contributed by atoms with Crippen molar-refractivity contribution >= 4 is 18.2 Å². The first-order valence-electron chi connectivity index (χ1n) is 9.72. The van der Waals surface area contributed by atoms with Gasteiger partial charge >= 0.3 is 0 Å². The molecule has 0 N–H and O–H groups in total. The number of rotatable bonds is 5. The van der Waals surface area contributed by atoms with E-state index in [-0.39, 0.29) is 24.4 Å². The molecule has 1 atom stereocenters. The average Bonchev–Trinajstić information content (AvgIpc) is 2.59. The van der Waals surface area contributed by atoms with Crippen molar-refractivity contribution in [1.29, 1.82) is 0 Å². The number of carbonyl (C=O) groups excluding carboxylic acids is 1. The van der Waals surface area contributed by atoms with E-state index in [1.807, 2.05) is 0 Å². The molecule has 1 saturated heterocycles. The van der Waals surface area contributed by atoms with Gasteiger partial charge in [0, 0.05) is 16.5 Å². The van der Waals surface area contributed by atoms with Crippen molar-refractivity contribution in [3.63, 3.8) is 0 Å². The minimum atomic E-state index is -3.13. The van der Waals surface area contributed by atoms with Crippen LogP contribution in [0.3, 0.4) is 0 Å². The van der Waals surface area contributed by atoms with Crippen LogP contribution >= 0.6 is 12.4 Å². The lowest BCUT2D eigenvalue weighted by atomic mass is 9.99. The van der Waals surface area contributed by atoms with Crippen molar-refractivity contribution in [2.75, 3.05) is 13.0 Å². The van der Waals surface area contributed by atoms with Crippen molar-refractivity contribution in [3.05, 3.63) is 35.9 Å². The zero-order chi connectivity index (χ0) is 19.3.